The van der Waals surface area contributed by atoms with Gasteiger partial charge in [0.15, 0.2) is 0 Å². The molecule has 122 valence electrons. The Morgan fingerprint density at radius 2 is 2.45 bits per heavy atom. The van der Waals surface area contributed by atoms with Crippen LogP contribution in [-0.4, -0.2) is 52.6 Å². The number of carbonyl (C=O) groups is 1. The average molecular weight is 341 g/mol. The number of nitrogens with zero attached hydrogens (tertiary/aromatic N) is 1. The fraction of sp³-hybridized carbons (Fsp3) is 0.688. The lowest BCUT2D eigenvalue weighted by Crippen LogP contribution is -2.44. The van der Waals surface area contributed by atoms with Crippen LogP contribution in [0.1, 0.15) is 36.7 Å². The number of hydrogen-bond donors (Lipinski definition) is 2. The van der Waals surface area contributed by atoms with E-state index in [9.17, 15) is 9.90 Å². The predicted octanol–water partition coefficient (Wildman–Crippen LogP) is 2.26. The van der Waals surface area contributed by atoms with Gasteiger partial charge in [0, 0.05) is 48.0 Å². The van der Waals surface area contributed by atoms with E-state index in [2.05, 4.69) is 5.32 Å². The van der Waals surface area contributed by atoms with Crippen molar-refractivity contribution in [3.63, 3.8) is 0 Å². The molecule has 4 nitrogen and oxygen atoms in total. The van der Waals surface area contributed by atoms with E-state index in [1.165, 1.54) is 0 Å². The molecule has 0 saturated carbocycles. The van der Waals surface area contributed by atoms with Gasteiger partial charge in [0.25, 0.3) is 0 Å². The molecule has 6 heteroatoms. The second-order valence-corrected chi connectivity index (χ2v) is 8.21. The molecule has 22 heavy (non-hydrogen) atoms. The molecule has 3 rings (SSSR count). The summed E-state index contributed by atoms with van der Waals surface area (Å²) in [6.45, 7) is 1.85. The molecule has 1 amide bonds. The van der Waals surface area contributed by atoms with Crippen LogP contribution in [0.25, 0.3) is 0 Å². The Kier molecular flexibility index (Phi) is 5.79. The third kappa shape index (κ3) is 4.04. The molecular weight excluding hydrogens is 316 g/mol. The Labute approximate surface area is 140 Å². The molecular formula is C16H24N2O2S2. The van der Waals surface area contributed by atoms with Gasteiger partial charge in [-0.25, -0.2) is 0 Å². The number of hydrogen-bond acceptors (Lipinski definition) is 5. The van der Waals surface area contributed by atoms with Crippen molar-refractivity contribution in [2.24, 2.45) is 0 Å². The largest absolute Gasteiger partial charge is 0.387 e. The minimum absolute atomic E-state index is 0.195. The lowest BCUT2D eigenvalue weighted by Gasteiger charge is -2.29. The molecule has 3 heterocycles. The fourth-order valence-corrected chi connectivity index (χ4v) is 5.02. The van der Waals surface area contributed by atoms with Crippen LogP contribution in [-0.2, 0) is 4.79 Å². The average Bonchev–Trinajstić information content (AvgIpc) is 3.19. The summed E-state index contributed by atoms with van der Waals surface area (Å²) in [4.78, 5) is 15.6. The van der Waals surface area contributed by atoms with Crippen molar-refractivity contribution < 1.29 is 9.90 Å². The second-order valence-electron chi connectivity index (χ2n) is 6.08. The maximum Gasteiger partial charge on any atom is 0.224 e. The van der Waals surface area contributed by atoms with Crippen LogP contribution < -0.4 is 5.32 Å². The number of carbonyl (C=O) groups excluding carboxylic acids is 1. The lowest BCUT2D eigenvalue weighted by molar-refractivity contribution is -0.132. The molecule has 0 aliphatic carbocycles. The van der Waals surface area contributed by atoms with Gasteiger partial charge in [0.05, 0.1) is 6.10 Å². The van der Waals surface area contributed by atoms with Crippen molar-refractivity contribution in [1.82, 2.24) is 10.2 Å². The van der Waals surface area contributed by atoms with E-state index in [4.69, 9.17) is 0 Å². The van der Waals surface area contributed by atoms with Gasteiger partial charge in [-0.05, 0) is 30.7 Å². The Morgan fingerprint density at radius 1 is 1.55 bits per heavy atom. The summed E-state index contributed by atoms with van der Waals surface area (Å²) in [7, 11) is 0. The van der Waals surface area contributed by atoms with Crippen molar-refractivity contribution in [2.45, 2.75) is 43.9 Å². The molecule has 2 saturated heterocycles. The van der Waals surface area contributed by atoms with E-state index in [0.717, 1.165) is 42.3 Å². The first-order chi connectivity index (χ1) is 10.7. The predicted molar refractivity (Wildman–Crippen MR) is 92.4 cm³/mol. The van der Waals surface area contributed by atoms with Gasteiger partial charge >= 0.3 is 0 Å². The minimum Gasteiger partial charge on any atom is -0.387 e. The summed E-state index contributed by atoms with van der Waals surface area (Å²) in [6.07, 6.45) is 2.89. The molecule has 2 aliphatic rings. The Balaban J connectivity index is 1.54. The van der Waals surface area contributed by atoms with Gasteiger partial charge in [-0.2, -0.15) is 11.8 Å². The molecule has 2 aliphatic heterocycles. The fourth-order valence-electron chi connectivity index (χ4n) is 3.34. The van der Waals surface area contributed by atoms with Crippen molar-refractivity contribution >= 4 is 29.0 Å². The van der Waals surface area contributed by atoms with Crippen LogP contribution in [0.2, 0.25) is 0 Å². The van der Waals surface area contributed by atoms with Crippen LogP contribution in [0.15, 0.2) is 17.5 Å². The van der Waals surface area contributed by atoms with E-state index in [0.29, 0.717) is 18.9 Å². The number of thiophene rings is 1. The molecule has 2 fully saturated rings. The normalized spacial score (nSPS) is 27.0. The Hall–Kier alpha value is -0.560. The van der Waals surface area contributed by atoms with Crippen LogP contribution in [0.3, 0.4) is 0 Å². The van der Waals surface area contributed by atoms with E-state index < -0.39 is 6.10 Å². The van der Waals surface area contributed by atoms with Crippen molar-refractivity contribution in [3.05, 3.63) is 22.4 Å². The van der Waals surface area contributed by atoms with E-state index >= 15 is 0 Å². The number of likely N-dealkylation sites (tertiary alicyclic amines) is 1. The summed E-state index contributed by atoms with van der Waals surface area (Å²) in [5.74, 6) is 2.42. The number of nitrogens with one attached hydrogen (secondary N) is 1. The first kappa shape index (κ1) is 16.3. The quantitative estimate of drug-likeness (QED) is 0.863. The number of aliphatic hydroxyl groups is 1. The van der Waals surface area contributed by atoms with E-state index in [1.807, 2.05) is 34.2 Å². The smallest absolute Gasteiger partial charge is 0.224 e. The Bertz CT molecular complexity index is 475. The monoisotopic (exact) mass is 340 g/mol. The molecule has 0 spiro atoms. The second kappa shape index (κ2) is 7.81. The highest BCUT2D eigenvalue weighted by molar-refractivity contribution is 7.99. The maximum atomic E-state index is 12.6. The summed E-state index contributed by atoms with van der Waals surface area (Å²) in [5.41, 5.74) is 0. The standard InChI is InChI=1S/C16H24N2O2S2/c19-14(15-4-2-7-22-15)10-13-3-1-6-18(13)16(20)9-12-11-21-8-5-17-12/h2,4,7,12-14,17,19H,1,3,5-6,8-11H2. The summed E-state index contributed by atoms with van der Waals surface area (Å²) in [6, 6.07) is 4.45. The van der Waals surface area contributed by atoms with Crippen LogP contribution in [0.4, 0.5) is 0 Å². The van der Waals surface area contributed by atoms with Crippen LogP contribution >= 0.6 is 23.1 Å². The summed E-state index contributed by atoms with van der Waals surface area (Å²) < 4.78 is 0. The van der Waals surface area contributed by atoms with Gasteiger partial charge in [-0.15, -0.1) is 11.3 Å². The highest BCUT2D eigenvalue weighted by Crippen LogP contribution is 2.30. The highest BCUT2D eigenvalue weighted by atomic mass is 32.2. The van der Waals surface area contributed by atoms with Gasteiger partial charge in [0.2, 0.25) is 5.91 Å². The highest BCUT2D eigenvalue weighted by Gasteiger charge is 2.32. The van der Waals surface area contributed by atoms with Crippen molar-refractivity contribution in [3.8, 4) is 0 Å². The van der Waals surface area contributed by atoms with Gasteiger partial charge in [0.1, 0.15) is 0 Å². The van der Waals surface area contributed by atoms with E-state index in [1.54, 1.807) is 11.3 Å². The zero-order valence-corrected chi connectivity index (χ0v) is 14.4. The number of aliphatic hydroxyl groups excluding tert-OH is 1. The number of thioether (sulfide) groups is 1. The molecule has 0 radical (unpaired) electrons. The topological polar surface area (TPSA) is 52.6 Å². The molecule has 0 bridgehead atoms. The van der Waals surface area contributed by atoms with Crippen LogP contribution in [0.5, 0.6) is 0 Å². The summed E-state index contributed by atoms with van der Waals surface area (Å²) in [5, 5.41) is 15.8. The molecule has 2 N–H and O–H groups in total. The molecule has 1 aromatic rings. The number of rotatable bonds is 5. The first-order valence-electron chi connectivity index (χ1n) is 8.06. The molecule has 1 aromatic heterocycles. The van der Waals surface area contributed by atoms with Crippen molar-refractivity contribution in [2.75, 3.05) is 24.6 Å². The third-order valence-electron chi connectivity index (χ3n) is 4.48. The van der Waals surface area contributed by atoms with E-state index in [-0.39, 0.29) is 11.9 Å². The SMILES string of the molecule is O=C(CC1CSCCN1)N1CCCC1CC(O)c1cccs1. The zero-order valence-electron chi connectivity index (χ0n) is 12.7. The third-order valence-corrected chi connectivity index (χ3v) is 6.59. The molecule has 3 unspecified atom stereocenters. The summed E-state index contributed by atoms with van der Waals surface area (Å²) >= 11 is 3.51. The van der Waals surface area contributed by atoms with Crippen LogP contribution in [0, 0.1) is 0 Å². The van der Waals surface area contributed by atoms with Gasteiger partial charge < -0.3 is 15.3 Å². The first-order valence-corrected chi connectivity index (χ1v) is 10.1. The van der Waals surface area contributed by atoms with Gasteiger partial charge in [-0.1, -0.05) is 6.07 Å². The molecule has 0 aromatic carbocycles. The van der Waals surface area contributed by atoms with Crippen molar-refractivity contribution in [1.29, 1.82) is 0 Å². The lowest BCUT2D eigenvalue weighted by atomic mass is 10.1. The molecule has 3 atom stereocenters. The van der Waals surface area contributed by atoms with Gasteiger partial charge in [-0.3, -0.25) is 4.79 Å². The number of amides is 1. The zero-order chi connectivity index (χ0) is 15.4. The Morgan fingerprint density at radius 3 is 3.18 bits per heavy atom. The minimum atomic E-state index is -0.443. The maximum absolute atomic E-state index is 12.6.